The number of anilines is 2. The van der Waals surface area contributed by atoms with Gasteiger partial charge in [0.25, 0.3) is 5.91 Å². The molecule has 0 bridgehead atoms. The molecule has 0 saturated carbocycles. The Bertz CT molecular complexity index is 2020. The van der Waals surface area contributed by atoms with Crippen LogP contribution in [0, 0.1) is 0 Å². The first-order chi connectivity index (χ1) is 21.5. The van der Waals surface area contributed by atoms with Crippen molar-refractivity contribution in [1.29, 1.82) is 0 Å². The molecule has 8 nitrogen and oxygen atoms in total. The number of nitrogens with one attached hydrogen (secondary N) is 1. The van der Waals surface area contributed by atoms with Crippen molar-refractivity contribution < 1.29 is 9.59 Å². The number of fused-ring (bicyclic) bond motifs is 4. The molecule has 3 heterocycles. The number of benzene rings is 4. The third-order valence-electron chi connectivity index (χ3n) is 7.86. The van der Waals surface area contributed by atoms with Gasteiger partial charge in [-0.3, -0.25) is 19.1 Å². The SMILES string of the molecule is CC(C)N(C(=O)CN1C(=O)C(=Cc2c[nH]c3ccccc23)c2nnc(-c3ccccc3)n2-c2ccccc21)c1ccccc1. The number of carbonyl (C=O) groups excluding carboxylic acids is 2. The first-order valence-electron chi connectivity index (χ1n) is 14.6. The van der Waals surface area contributed by atoms with Crippen molar-refractivity contribution in [3.05, 3.63) is 127 Å². The normalized spacial score (nSPS) is 13.7. The van der Waals surface area contributed by atoms with E-state index >= 15 is 0 Å². The van der Waals surface area contributed by atoms with Crippen LogP contribution in [-0.2, 0) is 9.59 Å². The summed E-state index contributed by atoms with van der Waals surface area (Å²) in [6, 6.07) is 34.7. The first-order valence-corrected chi connectivity index (χ1v) is 14.6. The second-order valence-electron chi connectivity index (χ2n) is 11.0. The Morgan fingerprint density at radius 2 is 1.45 bits per heavy atom. The maximum Gasteiger partial charge on any atom is 0.262 e. The monoisotopic (exact) mass is 578 g/mol. The molecule has 2 amide bonds. The summed E-state index contributed by atoms with van der Waals surface area (Å²) < 4.78 is 1.92. The van der Waals surface area contributed by atoms with Crippen LogP contribution in [0.1, 0.15) is 25.2 Å². The molecule has 7 rings (SSSR count). The van der Waals surface area contributed by atoms with Gasteiger partial charge in [-0.1, -0.05) is 78.9 Å². The number of aromatic amines is 1. The maximum atomic E-state index is 14.7. The van der Waals surface area contributed by atoms with E-state index in [2.05, 4.69) is 15.2 Å². The molecule has 0 fully saturated rings. The van der Waals surface area contributed by atoms with Crippen LogP contribution in [0.3, 0.4) is 0 Å². The quantitative estimate of drug-likeness (QED) is 0.222. The van der Waals surface area contributed by atoms with Crippen LogP contribution in [0.25, 0.3) is 39.6 Å². The Balaban J connectivity index is 1.43. The van der Waals surface area contributed by atoms with Crippen molar-refractivity contribution in [1.82, 2.24) is 19.7 Å². The molecular formula is C36H30N6O2. The zero-order chi connectivity index (χ0) is 30.2. The number of nitrogens with zero attached hydrogens (tertiary/aromatic N) is 5. The number of carbonyl (C=O) groups is 2. The van der Waals surface area contributed by atoms with Crippen molar-refractivity contribution >= 4 is 45.7 Å². The van der Waals surface area contributed by atoms with E-state index < -0.39 is 0 Å². The summed E-state index contributed by atoms with van der Waals surface area (Å²) >= 11 is 0. The molecule has 0 atom stereocenters. The lowest BCUT2D eigenvalue weighted by atomic mass is 10.1. The lowest BCUT2D eigenvalue weighted by Crippen LogP contribution is -2.46. The fraction of sp³-hybridized carbons (Fsp3) is 0.111. The molecule has 2 aromatic heterocycles. The summed E-state index contributed by atoms with van der Waals surface area (Å²) in [5.74, 6) is 0.484. The Labute approximate surface area is 254 Å². The molecule has 0 aliphatic carbocycles. The summed E-state index contributed by atoms with van der Waals surface area (Å²) in [4.78, 5) is 35.4. The van der Waals surface area contributed by atoms with Crippen LogP contribution in [0.4, 0.5) is 11.4 Å². The van der Waals surface area contributed by atoms with Gasteiger partial charge in [0.15, 0.2) is 11.6 Å². The molecular weight excluding hydrogens is 548 g/mol. The van der Waals surface area contributed by atoms with Gasteiger partial charge in [-0.25, -0.2) is 0 Å². The van der Waals surface area contributed by atoms with Crippen LogP contribution in [0.5, 0.6) is 0 Å². The minimum atomic E-state index is -0.335. The second kappa shape index (κ2) is 11.1. The highest BCUT2D eigenvalue weighted by atomic mass is 16.2. The Hall–Kier alpha value is -5.76. The van der Waals surface area contributed by atoms with Crippen molar-refractivity contribution in [3.8, 4) is 17.1 Å². The van der Waals surface area contributed by atoms with Crippen LogP contribution in [-0.4, -0.2) is 44.1 Å². The van der Waals surface area contributed by atoms with Crippen molar-refractivity contribution in [2.75, 3.05) is 16.3 Å². The van der Waals surface area contributed by atoms with Gasteiger partial charge in [-0.15, -0.1) is 10.2 Å². The molecule has 216 valence electrons. The standard InChI is InChI=1S/C36H30N6O2/c1-24(2)41(27-15-7-4-8-16-27)33(43)23-40-31-19-11-12-20-32(31)42-34(25-13-5-3-6-14-25)38-39-35(42)29(36(40)44)21-26-22-37-30-18-10-9-17-28(26)30/h3-22,24,37H,23H2,1-2H3. The number of H-pyrrole nitrogens is 1. The van der Waals surface area contributed by atoms with Gasteiger partial charge in [-0.2, -0.15) is 0 Å². The average molecular weight is 579 g/mol. The molecule has 0 radical (unpaired) electrons. The number of rotatable bonds is 6. The predicted molar refractivity (Wildman–Crippen MR) is 174 cm³/mol. The minimum Gasteiger partial charge on any atom is -0.361 e. The third kappa shape index (κ3) is 4.66. The molecule has 0 unspecified atom stereocenters. The van der Waals surface area contributed by atoms with Gasteiger partial charge < -0.3 is 9.88 Å². The zero-order valence-corrected chi connectivity index (χ0v) is 24.4. The third-order valence-corrected chi connectivity index (χ3v) is 7.86. The lowest BCUT2D eigenvalue weighted by Gasteiger charge is -2.30. The van der Waals surface area contributed by atoms with Gasteiger partial charge in [0, 0.05) is 40.0 Å². The highest BCUT2D eigenvalue weighted by molar-refractivity contribution is 6.32. The van der Waals surface area contributed by atoms with E-state index in [0.717, 1.165) is 27.7 Å². The van der Waals surface area contributed by atoms with E-state index in [1.807, 2.05) is 140 Å². The van der Waals surface area contributed by atoms with Crippen LogP contribution in [0.15, 0.2) is 115 Å². The van der Waals surface area contributed by atoms with E-state index in [9.17, 15) is 9.59 Å². The van der Waals surface area contributed by atoms with Gasteiger partial charge in [0.1, 0.15) is 6.54 Å². The van der Waals surface area contributed by atoms with Gasteiger partial charge in [0.05, 0.1) is 16.9 Å². The fourth-order valence-electron chi connectivity index (χ4n) is 5.88. The zero-order valence-electron chi connectivity index (χ0n) is 24.4. The molecule has 4 aromatic carbocycles. The van der Waals surface area contributed by atoms with Crippen molar-refractivity contribution in [3.63, 3.8) is 0 Å². The number of hydrogen-bond acceptors (Lipinski definition) is 4. The first kappa shape index (κ1) is 27.1. The number of aromatic nitrogens is 4. The summed E-state index contributed by atoms with van der Waals surface area (Å²) in [5, 5.41) is 10.2. The molecule has 1 N–H and O–H groups in total. The molecule has 1 aliphatic rings. The molecule has 44 heavy (non-hydrogen) atoms. The van der Waals surface area contributed by atoms with Gasteiger partial charge in [-0.05, 0) is 50.3 Å². The van der Waals surface area contributed by atoms with Crippen LogP contribution >= 0.6 is 0 Å². The van der Waals surface area contributed by atoms with E-state index in [4.69, 9.17) is 0 Å². The summed E-state index contributed by atoms with van der Waals surface area (Å²) in [6.45, 7) is 3.78. The second-order valence-corrected chi connectivity index (χ2v) is 11.0. The van der Waals surface area contributed by atoms with Crippen molar-refractivity contribution in [2.45, 2.75) is 19.9 Å². The van der Waals surface area contributed by atoms with Crippen LogP contribution < -0.4 is 9.80 Å². The molecule has 0 saturated heterocycles. The number of amides is 2. The van der Waals surface area contributed by atoms with Crippen LogP contribution in [0.2, 0.25) is 0 Å². The highest BCUT2D eigenvalue weighted by Gasteiger charge is 2.35. The van der Waals surface area contributed by atoms with E-state index in [1.165, 1.54) is 0 Å². The summed E-state index contributed by atoms with van der Waals surface area (Å²) in [6.07, 6.45) is 3.73. The van der Waals surface area contributed by atoms with Gasteiger partial charge in [0.2, 0.25) is 5.91 Å². The minimum absolute atomic E-state index is 0.118. The lowest BCUT2D eigenvalue weighted by molar-refractivity contribution is -0.120. The molecule has 6 aromatic rings. The van der Waals surface area contributed by atoms with E-state index in [0.29, 0.717) is 28.6 Å². The van der Waals surface area contributed by atoms with Gasteiger partial charge >= 0.3 is 0 Å². The molecule has 8 heteroatoms. The Morgan fingerprint density at radius 3 is 2.20 bits per heavy atom. The molecule has 1 aliphatic heterocycles. The smallest absolute Gasteiger partial charge is 0.262 e. The fourth-order valence-corrected chi connectivity index (χ4v) is 5.88. The predicted octanol–water partition coefficient (Wildman–Crippen LogP) is 6.74. The average Bonchev–Trinajstić information content (AvgIpc) is 3.65. The highest BCUT2D eigenvalue weighted by Crippen LogP contribution is 2.38. The summed E-state index contributed by atoms with van der Waals surface area (Å²) in [5.41, 5.74) is 5.08. The summed E-state index contributed by atoms with van der Waals surface area (Å²) in [7, 11) is 0. The number of hydrogen-bond donors (Lipinski definition) is 1. The Kier molecular flexibility index (Phi) is 6.86. The van der Waals surface area contributed by atoms with E-state index in [-0.39, 0.29) is 24.4 Å². The Morgan fingerprint density at radius 1 is 0.818 bits per heavy atom. The largest absolute Gasteiger partial charge is 0.361 e. The molecule has 0 spiro atoms. The van der Waals surface area contributed by atoms with Crippen molar-refractivity contribution in [2.24, 2.45) is 0 Å². The maximum absolute atomic E-state index is 14.7. The van der Waals surface area contributed by atoms with E-state index in [1.54, 1.807) is 9.80 Å². The number of para-hydroxylation sites is 4. The topological polar surface area (TPSA) is 87.1 Å².